The summed E-state index contributed by atoms with van der Waals surface area (Å²) in [4.78, 5) is 36.1. The summed E-state index contributed by atoms with van der Waals surface area (Å²) in [6.45, 7) is 5.84. The first kappa shape index (κ1) is 23.1. The van der Waals surface area contributed by atoms with E-state index in [1.165, 1.54) is 0 Å². The lowest BCUT2D eigenvalue weighted by molar-refractivity contribution is -0.160. The number of halogens is 1. The highest BCUT2D eigenvalue weighted by molar-refractivity contribution is 5.96. The molecule has 0 spiro atoms. The number of nitrogens with one attached hydrogen (secondary N) is 1. The standard InChI is InChI=1S/C16H28FNO7/c1-10(24-8-7-17)9-11(18-15(21)25-16(2,3)4)12(13(19)22-5)14(20)23-6/h10-12H,7-9H2,1-6H3,(H,18,21). The van der Waals surface area contributed by atoms with Gasteiger partial charge in [-0.15, -0.1) is 0 Å². The zero-order chi connectivity index (χ0) is 19.6. The van der Waals surface area contributed by atoms with E-state index in [2.05, 4.69) is 14.8 Å². The fraction of sp³-hybridized carbons (Fsp3) is 0.812. The van der Waals surface area contributed by atoms with Crippen molar-refractivity contribution in [1.29, 1.82) is 0 Å². The van der Waals surface area contributed by atoms with Crippen molar-refractivity contribution in [3.05, 3.63) is 0 Å². The van der Waals surface area contributed by atoms with Crippen LogP contribution in [-0.4, -0.2) is 63.3 Å². The topological polar surface area (TPSA) is 100 Å². The molecule has 0 fully saturated rings. The van der Waals surface area contributed by atoms with Crippen molar-refractivity contribution >= 4 is 18.0 Å². The van der Waals surface area contributed by atoms with E-state index >= 15 is 0 Å². The number of hydrogen-bond donors (Lipinski definition) is 1. The van der Waals surface area contributed by atoms with E-state index < -0.39 is 48.4 Å². The van der Waals surface area contributed by atoms with Gasteiger partial charge in [-0.1, -0.05) is 0 Å². The Kier molecular flexibility index (Phi) is 10.0. The molecule has 8 nitrogen and oxygen atoms in total. The maximum Gasteiger partial charge on any atom is 0.407 e. The molecule has 0 aromatic rings. The van der Waals surface area contributed by atoms with Crippen LogP contribution in [0.25, 0.3) is 0 Å². The minimum atomic E-state index is -1.40. The van der Waals surface area contributed by atoms with E-state index in [4.69, 9.17) is 9.47 Å². The fourth-order valence-corrected chi connectivity index (χ4v) is 2.09. The lowest BCUT2D eigenvalue weighted by Gasteiger charge is -2.28. The van der Waals surface area contributed by atoms with Crippen molar-refractivity contribution in [2.75, 3.05) is 27.5 Å². The van der Waals surface area contributed by atoms with Crippen LogP contribution in [0.4, 0.5) is 9.18 Å². The summed E-state index contributed by atoms with van der Waals surface area (Å²) in [5.74, 6) is -3.14. The number of methoxy groups -OCH3 is 2. The molecule has 2 unspecified atom stereocenters. The van der Waals surface area contributed by atoms with Crippen LogP contribution in [0.5, 0.6) is 0 Å². The van der Waals surface area contributed by atoms with Crippen LogP contribution in [0.15, 0.2) is 0 Å². The van der Waals surface area contributed by atoms with Crippen molar-refractivity contribution in [2.24, 2.45) is 5.92 Å². The number of carbonyl (C=O) groups excluding carboxylic acids is 3. The predicted molar refractivity (Wildman–Crippen MR) is 86.7 cm³/mol. The average Bonchev–Trinajstić information content (AvgIpc) is 2.50. The third kappa shape index (κ3) is 9.23. The molecule has 9 heteroatoms. The lowest BCUT2D eigenvalue weighted by atomic mass is 9.94. The SMILES string of the molecule is COC(=O)C(C(=O)OC)C(CC(C)OCCF)NC(=O)OC(C)(C)C. The second kappa shape index (κ2) is 10.9. The Hall–Kier alpha value is -1.90. The van der Waals surface area contributed by atoms with Gasteiger partial charge in [0.05, 0.1) is 33.0 Å². The number of alkyl carbamates (subject to hydrolysis) is 1. The summed E-state index contributed by atoms with van der Waals surface area (Å²) in [7, 11) is 2.23. The van der Waals surface area contributed by atoms with Gasteiger partial charge in [-0.05, 0) is 34.1 Å². The van der Waals surface area contributed by atoms with Crippen molar-refractivity contribution in [3.8, 4) is 0 Å². The summed E-state index contributed by atoms with van der Waals surface area (Å²) in [6.07, 6.45) is -1.30. The molecule has 0 saturated carbocycles. The zero-order valence-corrected chi connectivity index (χ0v) is 15.6. The first-order valence-corrected chi connectivity index (χ1v) is 7.88. The van der Waals surface area contributed by atoms with E-state index in [1.54, 1.807) is 27.7 Å². The highest BCUT2D eigenvalue weighted by atomic mass is 19.1. The van der Waals surface area contributed by atoms with Crippen LogP contribution in [0.2, 0.25) is 0 Å². The molecule has 2 atom stereocenters. The summed E-state index contributed by atoms with van der Waals surface area (Å²) in [5.41, 5.74) is -0.767. The predicted octanol–water partition coefficient (Wildman–Crippen LogP) is 1.61. The smallest absolute Gasteiger partial charge is 0.407 e. The highest BCUT2D eigenvalue weighted by Gasteiger charge is 2.39. The summed E-state index contributed by atoms with van der Waals surface area (Å²) < 4.78 is 31.9. The van der Waals surface area contributed by atoms with Gasteiger partial charge < -0.3 is 24.3 Å². The molecule has 0 aromatic carbocycles. The van der Waals surface area contributed by atoms with Crippen LogP contribution in [-0.2, 0) is 28.5 Å². The molecule has 0 aliphatic carbocycles. The minimum absolute atomic E-state index is 0.0497. The number of rotatable bonds is 9. The minimum Gasteiger partial charge on any atom is -0.468 e. The summed E-state index contributed by atoms with van der Waals surface area (Å²) in [5, 5.41) is 2.47. The van der Waals surface area contributed by atoms with E-state index in [-0.39, 0.29) is 13.0 Å². The molecule has 0 radical (unpaired) electrons. The van der Waals surface area contributed by atoms with Crippen molar-refractivity contribution in [2.45, 2.75) is 51.9 Å². The molecule has 0 aliphatic rings. The maximum atomic E-state index is 12.2. The molecule has 0 aromatic heterocycles. The molecule has 1 N–H and O–H groups in total. The van der Waals surface area contributed by atoms with Gasteiger partial charge in [-0.2, -0.15) is 0 Å². The van der Waals surface area contributed by atoms with Gasteiger partial charge in [0.2, 0.25) is 0 Å². The van der Waals surface area contributed by atoms with Crippen LogP contribution in [0.1, 0.15) is 34.1 Å². The van der Waals surface area contributed by atoms with E-state index in [1.807, 2.05) is 0 Å². The normalized spacial score (nSPS) is 13.8. The zero-order valence-electron chi connectivity index (χ0n) is 15.6. The van der Waals surface area contributed by atoms with E-state index in [9.17, 15) is 18.8 Å². The van der Waals surface area contributed by atoms with Gasteiger partial charge in [0.25, 0.3) is 0 Å². The third-order valence-corrected chi connectivity index (χ3v) is 3.08. The number of hydrogen-bond acceptors (Lipinski definition) is 7. The van der Waals surface area contributed by atoms with Crippen LogP contribution >= 0.6 is 0 Å². The van der Waals surface area contributed by atoms with Gasteiger partial charge in [-0.3, -0.25) is 9.59 Å². The summed E-state index contributed by atoms with van der Waals surface area (Å²) >= 11 is 0. The van der Waals surface area contributed by atoms with Crippen LogP contribution in [0, 0.1) is 5.92 Å². The Labute approximate surface area is 147 Å². The molecule has 25 heavy (non-hydrogen) atoms. The number of amides is 1. The van der Waals surface area contributed by atoms with Gasteiger partial charge in [0.1, 0.15) is 12.3 Å². The van der Waals surface area contributed by atoms with Crippen molar-refractivity contribution in [3.63, 3.8) is 0 Å². The Bertz CT molecular complexity index is 434. The molecule has 0 heterocycles. The van der Waals surface area contributed by atoms with Gasteiger partial charge in [-0.25, -0.2) is 9.18 Å². The first-order chi connectivity index (χ1) is 11.6. The molecule has 1 amide bonds. The van der Waals surface area contributed by atoms with Gasteiger partial charge >= 0.3 is 18.0 Å². The van der Waals surface area contributed by atoms with Crippen molar-refractivity contribution < 1.29 is 37.7 Å². The molecule has 0 aliphatic heterocycles. The van der Waals surface area contributed by atoms with E-state index in [0.717, 1.165) is 14.2 Å². The number of esters is 2. The fourth-order valence-electron chi connectivity index (χ4n) is 2.09. The molecule has 146 valence electrons. The van der Waals surface area contributed by atoms with Gasteiger partial charge in [0.15, 0.2) is 5.92 Å². The Morgan fingerprint density at radius 1 is 1.08 bits per heavy atom. The quantitative estimate of drug-likeness (QED) is 0.376. The Morgan fingerprint density at radius 2 is 1.60 bits per heavy atom. The highest BCUT2D eigenvalue weighted by Crippen LogP contribution is 2.17. The monoisotopic (exact) mass is 365 g/mol. The van der Waals surface area contributed by atoms with Crippen molar-refractivity contribution in [1.82, 2.24) is 5.32 Å². The number of ether oxygens (including phenoxy) is 4. The summed E-state index contributed by atoms with van der Waals surface area (Å²) in [6, 6.07) is -1.01. The molecule has 0 saturated heterocycles. The Balaban J connectivity index is 5.35. The van der Waals surface area contributed by atoms with Gasteiger partial charge in [0, 0.05) is 0 Å². The molecule has 0 rings (SSSR count). The first-order valence-electron chi connectivity index (χ1n) is 7.88. The van der Waals surface area contributed by atoms with Crippen LogP contribution < -0.4 is 5.32 Å². The third-order valence-electron chi connectivity index (χ3n) is 3.08. The average molecular weight is 365 g/mol. The molecular weight excluding hydrogens is 337 g/mol. The maximum absolute atomic E-state index is 12.2. The lowest BCUT2D eigenvalue weighted by Crippen LogP contribution is -2.50. The van der Waals surface area contributed by atoms with E-state index in [0.29, 0.717) is 0 Å². The second-order valence-corrected chi connectivity index (χ2v) is 6.38. The Morgan fingerprint density at radius 3 is 2.00 bits per heavy atom. The van der Waals surface area contributed by atoms with Crippen LogP contribution in [0.3, 0.4) is 0 Å². The molecule has 0 bridgehead atoms. The second-order valence-electron chi connectivity index (χ2n) is 6.38. The molecular formula is C16H28FNO7. The largest absolute Gasteiger partial charge is 0.468 e. The number of carbonyl (C=O) groups is 3. The number of alkyl halides is 1.